The van der Waals surface area contributed by atoms with Crippen molar-refractivity contribution in [2.24, 2.45) is 9.98 Å². The number of thioether (sulfide) groups is 1. The summed E-state index contributed by atoms with van der Waals surface area (Å²) in [5.74, 6) is 0.385. The lowest BCUT2D eigenvalue weighted by molar-refractivity contribution is -0.124. The van der Waals surface area contributed by atoms with Gasteiger partial charge in [-0.15, -0.1) is 0 Å². The highest BCUT2D eigenvalue weighted by Crippen LogP contribution is 2.36. The molecular formula is C28H26N4O2S. The highest BCUT2D eigenvalue weighted by atomic mass is 32.2. The van der Waals surface area contributed by atoms with Crippen LogP contribution in [0.4, 0.5) is 11.4 Å². The lowest BCUT2D eigenvalue weighted by atomic mass is 10.1. The molecule has 2 aliphatic rings. The zero-order valence-electron chi connectivity index (χ0n) is 19.6. The predicted octanol–water partition coefficient (Wildman–Crippen LogP) is 5.35. The molecule has 3 aromatic carbocycles. The molecule has 176 valence electrons. The van der Waals surface area contributed by atoms with Crippen LogP contribution in [-0.2, 0) is 16.0 Å². The quantitative estimate of drug-likeness (QED) is 0.515. The van der Waals surface area contributed by atoms with Crippen molar-refractivity contribution in [1.82, 2.24) is 4.90 Å². The van der Waals surface area contributed by atoms with Crippen molar-refractivity contribution in [3.8, 4) is 0 Å². The predicted molar refractivity (Wildman–Crippen MR) is 142 cm³/mol. The van der Waals surface area contributed by atoms with Crippen LogP contribution in [-0.4, -0.2) is 39.0 Å². The fraction of sp³-hybridized carbons (Fsp3) is 0.214. The summed E-state index contributed by atoms with van der Waals surface area (Å²) in [6.07, 6.45) is 1.11. The molecule has 7 heteroatoms. The van der Waals surface area contributed by atoms with E-state index in [1.54, 1.807) is 4.90 Å². The number of benzene rings is 3. The molecule has 2 heterocycles. The molecule has 0 fully saturated rings. The third-order valence-electron chi connectivity index (χ3n) is 6.13. The van der Waals surface area contributed by atoms with Gasteiger partial charge in [0.2, 0.25) is 5.91 Å². The van der Waals surface area contributed by atoms with Crippen molar-refractivity contribution in [3.63, 3.8) is 0 Å². The highest BCUT2D eigenvalue weighted by molar-refractivity contribution is 8.15. The van der Waals surface area contributed by atoms with Crippen LogP contribution in [0.3, 0.4) is 0 Å². The molecule has 6 nitrogen and oxygen atoms in total. The molecule has 1 N–H and O–H groups in total. The number of aryl methyl sites for hydroxylation is 1. The van der Waals surface area contributed by atoms with Gasteiger partial charge in [0.25, 0.3) is 5.91 Å². The van der Waals surface area contributed by atoms with E-state index in [4.69, 9.17) is 9.98 Å². The smallest absolute Gasteiger partial charge is 0.259 e. The zero-order chi connectivity index (χ0) is 24.4. The minimum Gasteiger partial charge on any atom is -0.325 e. The molecule has 0 spiro atoms. The van der Waals surface area contributed by atoms with Crippen LogP contribution < -0.4 is 5.32 Å². The Balaban J connectivity index is 1.43. The molecule has 0 saturated heterocycles. The number of carbonyl (C=O) groups excluding carboxylic acids is 2. The number of nitrogens with one attached hydrogen (secondary N) is 1. The van der Waals surface area contributed by atoms with Crippen molar-refractivity contribution in [2.45, 2.75) is 38.0 Å². The molecule has 2 amide bonds. The average molecular weight is 483 g/mol. The molecule has 0 aliphatic carbocycles. The summed E-state index contributed by atoms with van der Waals surface area (Å²) in [5, 5.41) is 3.11. The van der Waals surface area contributed by atoms with E-state index in [0.717, 1.165) is 28.1 Å². The summed E-state index contributed by atoms with van der Waals surface area (Å²) in [6.45, 7) is 3.93. The summed E-state index contributed by atoms with van der Waals surface area (Å²) in [6, 6.07) is 24.8. The van der Waals surface area contributed by atoms with Crippen molar-refractivity contribution in [2.75, 3.05) is 5.32 Å². The van der Waals surface area contributed by atoms with Crippen LogP contribution in [0, 0.1) is 6.92 Å². The van der Waals surface area contributed by atoms with Crippen LogP contribution >= 0.6 is 11.8 Å². The number of para-hydroxylation sites is 2. The summed E-state index contributed by atoms with van der Waals surface area (Å²) in [7, 11) is 0. The molecule has 3 aromatic rings. The van der Waals surface area contributed by atoms with Crippen LogP contribution in [0.25, 0.3) is 0 Å². The van der Waals surface area contributed by atoms with Crippen LogP contribution in [0.1, 0.15) is 30.0 Å². The molecule has 2 unspecified atom stereocenters. The first kappa shape index (κ1) is 23.1. The Morgan fingerprint density at radius 3 is 2.51 bits per heavy atom. The number of amides is 2. The molecular weight excluding hydrogens is 456 g/mol. The van der Waals surface area contributed by atoms with E-state index in [1.807, 2.05) is 92.7 Å². The van der Waals surface area contributed by atoms with Gasteiger partial charge < -0.3 is 5.32 Å². The van der Waals surface area contributed by atoms with E-state index in [1.165, 1.54) is 11.8 Å². The monoisotopic (exact) mass is 482 g/mol. The van der Waals surface area contributed by atoms with Gasteiger partial charge >= 0.3 is 0 Å². The second kappa shape index (κ2) is 9.88. The van der Waals surface area contributed by atoms with E-state index in [9.17, 15) is 9.59 Å². The normalized spacial score (nSPS) is 17.3. The number of rotatable bonds is 6. The highest BCUT2D eigenvalue weighted by Gasteiger charge is 2.42. The van der Waals surface area contributed by atoms with Gasteiger partial charge in [-0.05, 0) is 42.7 Å². The number of carbonyl (C=O) groups is 2. The zero-order valence-corrected chi connectivity index (χ0v) is 20.5. The fourth-order valence-electron chi connectivity index (χ4n) is 4.23. The Labute approximate surface area is 209 Å². The van der Waals surface area contributed by atoms with Crippen LogP contribution in [0.2, 0.25) is 0 Å². The largest absolute Gasteiger partial charge is 0.325 e. The van der Waals surface area contributed by atoms with Gasteiger partial charge in [-0.2, -0.15) is 0 Å². The third kappa shape index (κ3) is 4.64. The summed E-state index contributed by atoms with van der Waals surface area (Å²) in [5.41, 5.74) is 4.43. The second-order valence-corrected chi connectivity index (χ2v) is 9.73. The minimum absolute atomic E-state index is 0.112. The van der Waals surface area contributed by atoms with Gasteiger partial charge in [-0.1, -0.05) is 79.3 Å². The minimum atomic E-state index is -0.523. The first-order chi connectivity index (χ1) is 17.0. The lowest BCUT2D eigenvalue weighted by Crippen LogP contribution is -2.42. The second-order valence-electron chi connectivity index (χ2n) is 8.56. The Morgan fingerprint density at radius 1 is 1.03 bits per heavy atom. The number of fused-ring (bicyclic) bond motifs is 3. The maximum atomic E-state index is 13.6. The molecule has 5 rings (SSSR count). The van der Waals surface area contributed by atoms with Gasteiger partial charge in [0, 0.05) is 17.7 Å². The SMILES string of the molecule is CCC(SC1=Nc2ccccc2C2=NC(Cc3ccccc3)C(=O)N12)C(=O)Nc1ccccc1C. The molecule has 2 aliphatic heterocycles. The fourth-order valence-corrected chi connectivity index (χ4v) is 5.25. The molecule has 0 aromatic heterocycles. The average Bonchev–Trinajstić information content (AvgIpc) is 3.20. The van der Waals surface area contributed by atoms with Gasteiger partial charge in [-0.25, -0.2) is 9.89 Å². The number of amidine groups is 2. The van der Waals surface area contributed by atoms with Crippen molar-refractivity contribution in [3.05, 3.63) is 95.6 Å². The van der Waals surface area contributed by atoms with Gasteiger partial charge in [-0.3, -0.25) is 14.6 Å². The van der Waals surface area contributed by atoms with Crippen molar-refractivity contribution in [1.29, 1.82) is 0 Å². The molecule has 2 atom stereocenters. The maximum absolute atomic E-state index is 13.6. The van der Waals surface area contributed by atoms with Crippen LogP contribution in [0.5, 0.6) is 0 Å². The summed E-state index contributed by atoms with van der Waals surface area (Å²) in [4.78, 5) is 38.0. The van der Waals surface area contributed by atoms with E-state index in [-0.39, 0.29) is 11.8 Å². The first-order valence-electron chi connectivity index (χ1n) is 11.7. The molecule has 35 heavy (non-hydrogen) atoms. The standard InChI is InChI=1S/C28H26N4O2S/c1-3-24(26(33)30-21-15-9-7-11-18(21)2)35-28-31-22-16-10-8-14-20(22)25-29-23(27(34)32(25)28)17-19-12-5-4-6-13-19/h4-16,23-24H,3,17H2,1-2H3,(H,30,33). The van der Waals surface area contributed by atoms with E-state index in [0.29, 0.717) is 23.8 Å². The Kier molecular flexibility index (Phi) is 6.51. The topological polar surface area (TPSA) is 74.1 Å². The van der Waals surface area contributed by atoms with Crippen molar-refractivity contribution < 1.29 is 9.59 Å². The lowest BCUT2D eigenvalue weighted by Gasteiger charge is -2.27. The molecule has 0 bridgehead atoms. The number of nitrogens with zero attached hydrogens (tertiary/aromatic N) is 3. The Morgan fingerprint density at radius 2 is 1.74 bits per heavy atom. The summed E-state index contributed by atoms with van der Waals surface area (Å²) < 4.78 is 0. The number of hydrogen-bond acceptors (Lipinski definition) is 5. The van der Waals surface area contributed by atoms with Gasteiger partial charge in [0.15, 0.2) is 5.17 Å². The summed E-state index contributed by atoms with van der Waals surface area (Å²) >= 11 is 1.31. The maximum Gasteiger partial charge on any atom is 0.259 e. The number of anilines is 1. The first-order valence-corrected chi connectivity index (χ1v) is 12.6. The van der Waals surface area contributed by atoms with Crippen molar-refractivity contribution >= 4 is 46.0 Å². The van der Waals surface area contributed by atoms with Crippen LogP contribution in [0.15, 0.2) is 88.8 Å². The number of hydrogen-bond donors (Lipinski definition) is 1. The van der Waals surface area contributed by atoms with E-state index >= 15 is 0 Å². The van der Waals surface area contributed by atoms with E-state index < -0.39 is 11.3 Å². The Hall–Kier alpha value is -3.71. The third-order valence-corrected chi connectivity index (χ3v) is 7.45. The van der Waals surface area contributed by atoms with Gasteiger partial charge in [0.05, 0.1) is 10.9 Å². The number of aliphatic imine (C=N–C) groups is 2. The van der Waals surface area contributed by atoms with Gasteiger partial charge in [0.1, 0.15) is 11.9 Å². The molecule has 0 saturated carbocycles. The Bertz CT molecular complexity index is 1340. The van der Waals surface area contributed by atoms with E-state index in [2.05, 4.69) is 5.32 Å². The molecule has 0 radical (unpaired) electrons.